The Labute approximate surface area is 102 Å². The van der Waals surface area contributed by atoms with Crippen LogP contribution in [0.25, 0.3) is 0 Å². The lowest BCUT2D eigenvalue weighted by Crippen LogP contribution is -2.32. The van der Waals surface area contributed by atoms with Crippen LogP contribution in [0.3, 0.4) is 0 Å². The highest BCUT2D eigenvalue weighted by atomic mass is 35.5. The van der Waals surface area contributed by atoms with Gasteiger partial charge in [-0.25, -0.2) is 8.78 Å². The fourth-order valence-electron chi connectivity index (χ4n) is 1.19. The summed E-state index contributed by atoms with van der Waals surface area (Å²) in [5.41, 5.74) is 0. The van der Waals surface area contributed by atoms with Gasteiger partial charge < -0.3 is 4.74 Å². The highest BCUT2D eigenvalue weighted by Gasteiger charge is 2.27. The number of alkyl halides is 6. The molecule has 17 heavy (non-hydrogen) atoms. The lowest BCUT2D eigenvalue weighted by molar-refractivity contribution is -0.174. The molecule has 0 bridgehead atoms. The van der Waals surface area contributed by atoms with E-state index in [0.29, 0.717) is 0 Å². The van der Waals surface area contributed by atoms with Crippen molar-refractivity contribution in [2.45, 2.75) is 19.0 Å². The van der Waals surface area contributed by atoms with E-state index in [-0.39, 0.29) is 32.0 Å². The normalized spacial score (nSPS) is 12.7. The van der Waals surface area contributed by atoms with Crippen LogP contribution < -0.4 is 0 Å². The first-order chi connectivity index (χ1) is 7.85. The average molecular weight is 284 g/mol. The van der Waals surface area contributed by atoms with Gasteiger partial charge in [0, 0.05) is 25.6 Å². The van der Waals surface area contributed by atoms with Gasteiger partial charge in [-0.3, -0.25) is 4.90 Å². The summed E-state index contributed by atoms with van der Waals surface area (Å²) >= 11 is 5.41. The van der Waals surface area contributed by atoms with Crippen molar-refractivity contribution in [3.8, 4) is 0 Å². The molecule has 0 aliphatic rings. The highest BCUT2D eigenvalue weighted by molar-refractivity contribution is 6.18. The first-order valence-electron chi connectivity index (χ1n) is 5.06. The predicted octanol–water partition coefficient (Wildman–Crippen LogP) is 2.76. The maximum atomic E-state index is 12.1. The molecule has 0 aliphatic heterocycles. The average Bonchev–Trinajstić information content (AvgIpc) is 2.14. The number of hydrogen-bond acceptors (Lipinski definition) is 2. The zero-order valence-electron chi connectivity index (χ0n) is 9.15. The standard InChI is InChI=1S/C9H15ClF5NO/c10-2-4-16(6-8(11)12)3-1-5-17-7-9(13,14)15/h8H,1-7H2. The van der Waals surface area contributed by atoms with E-state index in [0.717, 1.165) is 0 Å². The van der Waals surface area contributed by atoms with Gasteiger partial charge in [-0.05, 0) is 6.42 Å². The molecule has 0 unspecified atom stereocenters. The molecule has 0 aromatic rings. The zero-order valence-corrected chi connectivity index (χ0v) is 9.91. The van der Waals surface area contributed by atoms with Crippen molar-refractivity contribution in [2.75, 3.05) is 38.7 Å². The molecule has 0 spiro atoms. The molecular weight excluding hydrogens is 269 g/mol. The number of nitrogens with zero attached hydrogens (tertiary/aromatic N) is 1. The van der Waals surface area contributed by atoms with Gasteiger partial charge in [0.25, 0.3) is 6.43 Å². The summed E-state index contributed by atoms with van der Waals surface area (Å²) in [7, 11) is 0. The van der Waals surface area contributed by atoms with Gasteiger partial charge in [-0.15, -0.1) is 11.6 Å². The van der Waals surface area contributed by atoms with E-state index >= 15 is 0 Å². The van der Waals surface area contributed by atoms with Crippen LogP contribution in [-0.2, 0) is 4.74 Å². The summed E-state index contributed by atoms with van der Waals surface area (Å²) in [6, 6.07) is 0. The van der Waals surface area contributed by atoms with Crippen molar-refractivity contribution in [2.24, 2.45) is 0 Å². The van der Waals surface area contributed by atoms with Crippen LogP contribution in [0.15, 0.2) is 0 Å². The molecule has 0 heterocycles. The summed E-state index contributed by atoms with van der Waals surface area (Å²) < 4.78 is 63.6. The molecule has 0 amide bonds. The Morgan fingerprint density at radius 2 is 1.82 bits per heavy atom. The van der Waals surface area contributed by atoms with Gasteiger partial charge in [0.15, 0.2) is 0 Å². The molecule has 0 rings (SSSR count). The fraction of sp³-hybridized carbons (Fsp3) is 1.00. The van der Waals surface area contributed by atoms with Crippen LogP contribution in [0.5, 0.6) is 0 Å². The van der Waals surface area contributed by atoms with Crippen molar-refractivity contribution in [1.82, 2.24) is 4.90 Å². The minimum atomic E-state index is -4.35. The zero-order chi connectivity index (χ0) is 13.3. The van der Waals surface area contributed by atoms with E-state index in [1.165, 1.54) is 4.90 Å². The lowest BCUT2D eigenvalue weighted by Gasteiger charge is -2.20. The van der Waals surface area contributed by atoms with E-state index < -0.39 is 25.8 Å². The third-order valence-corrected chi connectivity index (χ3v) is 1.99. The maximum absolute atomic E-state index is 12.1. The van der Waals surface area contributed by atoms with Crippen LogP contribution in [0.1, 0.15) is 6.42 Å². The first-order valence-corrected chi connectivity index (χ1v) is 5.59. The minimum Gasteiger partial charge on any atom is -0.372 e. The maximum Gasteiger partial charge on any atom is 0.411 e. The molecule has 0 saturated carbocycles. The topological polar surface area (TPSA) is 12.5 Å². The number of hydrogen-bond donors (Lipinski definition) is 0. The number of ether oxygens (including phenoxy) is 1. The van der Waals surface area contributed by atoms with E-state index in [1.54, 1.807) is 0 Å². The Bertz CT molecular complexity index is 191. The van der Waals surface area contributed by atoms with Crippen LogP contribution in [0.4, 0.5) is 22.0 Å². The van der Waals surface area contributed by atoms with Crippen molar-refractivity contribution in [3.63, 3.8) is 0 Å². The molecule has 0 aromatic carbocycles. The third kappa shape index (κ3) is 12.1. The van der Waals surface area contributed by atoms with Crippen molar-refractivity contribution in [3.05, 3.63) is 0 Å². The van der Waals surface area contributed by atoms with Gasteiger partial charge >= 0.3 is 6.18 Å². The second-order valence-corrected chi connectivity index (χ2v) is 3.78. The molecule has 0 aromatic heterocycles. The molecule has 8 heteroatoms. The Kier molecular flexibility index (Phi) is 8.81. The van der Waals surface area contributed by atoms with Crippen LogP contribution in [0.2, 0.25) is 0 Å². The van der Waals surface area contributed by atoms with Crippen LogP contribution >= 0.6 is 11.6 Å². The van der Waals surface area contributed by atoms with E-state index in [4.69, 9.17) is 11.6 Å². The fourth-order valence-corrected chi connectivity index (χ4v) is 1.43. The second kappa shape index (κ2) is 8.88. The van der Waals surface area contributed by atoms with Crippen LogP contribution in [0, 0.1) is 0 Å². The summed E-state index contributed by atoms with van der Waals surface area (Å²) in [5.74, 6) is 0.204. The summed E-state index contributed by atoms with van der Waals surface area (Å²) in [6.07, 6.45) is -6.56. The van der Waals surface area contributed by atoms with Crippen molar-refractivity contribution in [1.29, 1.82) is 0 Å². The van der Waals surface area contributed by atoms with E-state index in [1.807, 2.05) is 0 Å². The van der Waals surface area contributed by atoms with Gasteiger partial charge in [0.05, 0.1) is 6.54 Å². The van der Waals surface area contributed by atoms with Gasteiger partial charge in [-0.1, -0.05) is 0 Å². The molecule has 0 fully saturated rings. The van der Waals surface area contributed by atoms with E-state index in [2.05, 4.69) is 4.74 Å². The van der Waals surface area contributed by atoms with Crippen molar-refractivity contribution >= 4 is 11.6 Å². The molecule has 0 aliphatic carbocycles. The minimum absolute atomic E-state index is 0.110. The lowest BCUT2D eigenvalue weighted by atomic mass is 10.4. The quantitative estimate of drug-likeness (QED) is 0.366. The highest BCUT2D eigenvalue weighted by Crippen LogP contribution is 2.14. The smallest absolute Gasteiger partial charge is 0.372 e. The monoisotopic (exact) mass is 283 g/mol. The molecule has 2 nitrogen and oxygen atoms in total. The van der Waals surface area contributed by atoms with E-state index in [9.17, 15) is 22.0 Å². The largest absolute Gasteiger partial charge is 0.411 e. The van der Waals surface area contributed by atoms with Gasteiger partial charge in [-0.2, -0.15) is 13.2 Å². The third-order valence-electron chi connectivity index (χ3n) is 1.83. The Morgan fingerprint density at radius 1 is 1.18 bits per heavy atom. The SMILES string of the molecule is FC(F)CN(CCCl)CCCOCC(F)(F)F. The number of rotatable bonds is 9. The molecular formula is C9H15ClF5NO. The van der Waals surface area contributed by atoms with Gasteiger partial charge in [0.2, 0.25) is 0 Å². The summed E-state index contributed by atoms with van der Waals surface area (Å²) in [4.78, 5) is 1.40. The molecule has 104 valence electrons. The number of halogens is 6. The van der Waals surface area contributed by atoms with Crippen LogP contribution in [-0.4, -0.2) is 56.2 Å². The Balaban J connectivity index is 3.60. The molecule has 0 saturated heterocycles. The summed E-state index contributed by atoms with van der Waals surface area (Å²) in [5, 5.41) is 0. The molecule has 0 atom stereocenters. The summed E-state index contributed by atoms with van der Waals surface area (Å²) in [6.45, 7) is -1.31. The molecule has 0 radical (unpaired) electrons. The predicted molar refractivity (Wildman–Crippen MR) is 54.7 cm³/mol. The second-order valence-electron chi connectivity index (χ2n) is 3.40. The first kappa shape index (κ1) is 16.9. The Hall–Kier alpha value is -0.140. The Morgan fingerprint density at radius 3 is 2.29 bits per heavy atom. The molecule has 0 N–H and O–H groups in total. The van der Waals surface area contributed by atoms with Crippen molar-refractivity contribution < 1.29 is 26.7 Å². The van der Waals surface area contributed by atoms with Gasteiger partial charge in [0.1, 0.15) is 6.61 Å².